The van der Waals surface area contributed by atoms with E-state index in [1.54, 1.807) is 30.3 Å². The fourth-order valence-corrected chi connectivity index (χ4v) is 3.98. The Balaban J connectivity index is 1.75. The van der Waals surface area contributed by atoms with Gasteiger partial charge in [-0.1, -0.05) is 48.0 Å². The van der Waals surface area contributed by atoms with Gasteiger partial charge in [-0.3, -0.25) is 9.59 Å². The zero-order valence-electron chi connectivity index (χ0n) is 17.1. The summed E-state index contributed by atoms with van der Waals surface area (Å²) in [6.45, 7) is 3.45. The second-order valence-electron chi connectivity index (χ2n) is 6.91. The summed E-state index contributed by atoms with van der Waals surface area (Å²) in [5.74, 6) is -0.724. The Hall–Kier alpha value is -3.65. The predicted octanol–water partition coefficient (Wildman–Crippen LogP) is 3.65. The molecule has 0 fully saturated rings. The molecule has 3 rings (SSSR count). The average Bonchev–Trinajstić information content (AvgIpc) is 2.73. The Morgan fingerprint density at radius 2 is 1.65 bits per heavy atom. The second-order valence-corrected chi connectivity index (χ2v) is 8.56. The Kier molecular flexibility index (Phi) is 6.71. The summed E-state index contributed by atoms with van der Waals surface area (Å²) in [6, 6.07) is 20.4. The first-order valence-corrected chi connectivity index (χ1v) is 10.9. The molecule has 0 unspecified atom stereocenters. The van der Waals surface area contributed by atoms with E-state index in [-0.39, 0.29) is 10.6 Å². The quantitative estimate of drug-likeness (QED) is 0.586. The van der Waals surface area contributed by atoms with Gasteiger partial charge in [-0.15, -0.1) is 0 Å². The molecule has 0 aliphatic heterocycles. The zero-order valence-corrected chi connectivity index (χ0v) is 17.9. The molecular weight excluding hydrogens is 416 g/mol. The smallest absolute Gasteiger partial charge is 0.266 e. The molecule has 0 radical (unpaired) electrons. The van der Waals surface area contributed by atoms with Crippen LogP contribution < -0.4 is 14.8 Å². The van der Waals surface area contributed by atoms with Gasteiger partial charge in [0.25, 0.3) is 15.9 Å². The normalized spacial score (nSPS) is 10.9. The number of anilines is 1. The third-order valence-corrected chi connectivity index (χ3v) is 5.82. The van der Waals surface area contributed by atoms with Crippen LogP contribution in [0.3, 0.4) is 0 Å². The number of carbonyl (C=O) groups excluding carboxylic acids is 2. The molecule has 0 saturated carbocycles. The van der Waals surface area contributed by atoms with E-state index < -0.39 is 21.8 Å². The van der Waals surface area contributed by atoms with Crippen molar-refractivity contribution in [2.24, 2.45) is 0 Å². The van der Waals surface area contributed by atoms with Crippen LogP contribution in [0.2, 0.25) is 0 Å². The molecule has 2 N–H and O–H groups in total. The van der Waals surface area contributed by atoms with Gasteiger partial charge in [0.2, 0.25) is 5.91 Å². The van der Waals surface area contributed by atoms with Crippen molar-refractivity contribution in [1.29, 1.82) is 0 Å². The van der Waals surface area contributed by atoms with E-state index in [1.165, 1.54) is 18.2 Å². The molecule has 0 spiro atoms. The number of amides is 2. The Bertz CT molecular complexity index is 1200. The van der Waals surface area contributed by atoms with E-state index in [1.807, 2.05) is 35.9 Å². The van der Waals surface area contributed by atoms with Gasteiger partial charge in [-0.05, 0) is 42.8 Å². The van der Waals surface area contributed by atoms with Crippen LogP contribution in [0.25, 0.3) is 0 Å². The molecule has 0 atom stereocenters. The lowest BCUT2D eigenvalue weighted by atomic mass is 10.1. The Labute approximate surface area is 181 Å². The van der Waals surface area contributed by atoms with Crippen molar-refractivity contribution in [3.8, 4) is 5.75 Å². The number of carbonyl (C=O) groups is 2. The molecule has 31 heavy (non-hydrogen) atoms. The van der Waals surface area contributed by atoms with Crippen LogP contribution in [0.15, 0.2) is 77.7 Å². The van der Waals surface area contributed by atoms with Crippen molar-refractivity contribution in [2.45, 2.75) is 25.3 Å². The van der Waals surface area contributed by atoms with Gasteiger partial charge in [0.15, 0.2) is 0 Å². The van der Waals surface area contributed by atoms with Crippen LogP contribution in [0.1, 0.15) is 28.4 Å². The van der Waals surface area contributed by atoms with Crippen molar-refractivity contribution in [3.05, 3.63) is 89.5 Å². The Morgan fingerprint density at radius 3 is 2.35 bits per heavy atom. The molecule has 8 heteroatoms. The first kappa shape index (κ1) is 22.0. The van der Waals surface area contributed by atoms with Gasteiger partial charge in [0, 0.05) is 12.5 Å². The summed E-state index contributed by atoms with van der Waals surface area (Å²) >= 11 is 0. The summed E-state index contributed by atoms with van der Waals surface area (Å²) in [6.07, 6.45) is 0. The third-order valence-electron chi connectivity index (χ3n) is 4.33. The minimum Gasteiger partial charge on any atom is -0.489 e. The van der Waals surface area contributed by atoms with Crippen LogP contribution in [0.5, 0.6) is 5.75 Å². The second kappa shape index (κ2) is 9.44. The van der Waals surface area contributed by atoms with Crippen LogP contribution in [0, 0.1) is 6.92 Å². The number of ether oxygens (including phenoxy) is 1. The van der Waals surface area contributed by atoms with Gasteiger partial charge in [0.1, 0.15) is 17.3 Å². The van der Waals surface area contributed by atoms with Gasteiger partial charge < -0.3 is 10.1 Å². The summed E-state index contributed by atoms with van der Waals surface area (Å²) in [5.41, 5.74) is 2.51. The van der Waals surface area contributed by atoms with Crippen molar-refractivity contribution < 1.29 is 22.7 Å². The van der Waals surface area contributed by atoms with Crippen molar-refractivity contribution in [3.63, 3.8) is 0 Å². The van der Waals surface area contributed by atoms with E-state index in [9.17, 15) is 18.0 Å². The zero-order chi connectivity index (χ0) is 22.4. The lowest BCUT2D eigenvalue weighted by molar-refractivity contribution is -0.117. The largest absolute Gasteiger partial charge is 0.489 e. The molecule has 0 saturated heterocycles. The highest BCUT2D eigenvalue weighted by molar-refractivity contribution is 7.90. The highest BCUT2D eigenvalue weighted by atomic mass is 32.2. The number of hydrogen-bond donors (Lipinski definition) is 2. The molecule has 0 aliphatic rings. The van der Waals surface area contributed by atoms with Crippen LogP contribution in [-0.2, 0) is 21.4 Å². The maximum Gasteiger partial charge on any atom is 0.266 e. The van der Waals surface area contributed by atoms with E-state index >= 15 is 0 Å². The number of benzene rings is 3. The van der Waals surface area contributed by atoms with Gasteiger partial charge in [0.05, 0.1) is 5.69 Å². The van der Waals surface area contributed by atoms with Gasteiger partial charge >= 0.3 is 0 Å². The number of rotatable bonds is 7. The first-order chi connectivity index (χ1) is 14.7. The summed E-state index contributed by atoms with van der Waals surface area (Å²) < 4.78 is 32.4. The monoisotopic (exact) mass is 438 g/mol. The van der Waals surface area contributed by atoms with Gasteiger partial charge in [-0.2, -0.15) is 0 Å². The van der Waals surface area contributed by atoms with E-state index in [0.717, 1.165) is 18.1 Å². The molecular formula is C23H22N2O5S. The summed E-state index contributed by atoms with van der Waals surface area (Å²) in [4.78, 5) is 23.7. The number of nitrogens with one attached hydrogen (secondary N) is 2. The lowest BCUT2D eigenvalue weighted by Gasteiger charge is -2.12. The minimum atomic E-state index is -4.11. The molecule has 0 heterocycles. The van der Waals surface area contributed by atoms with Gasteiger partial charge in [-0.25, -0.2) is 13.1 Å². The number of hydrogen-bond acceptors (Lipinski definition) is 5. The van der Waals surface area contributed by atoms with E-state index in [2.05, 4.69) is 5.32 Å². The van der Waals surface area contributed by atoms with E-state index in [4.69, 9.17) is 4.74 Å². The first-order valence-electron chi connectivity index (χ1n) is 9.47. The van der Waals surface area contributed by atoms with Crippen molar-refractivity contribution >= 4 is 27.5 Å². The minimum absolute atomic E-state index is 0.0622. The molecule has 3 aromatic carbocycles. The number of para-hydroxylation sites is 1. The highest BCUT2D eigenvalue weighted by Crippen LogP contribution is 2.22. The topological polar surface area (TPSA) is 102 Å². The highest BCUT2D eigenvalue weighted by Gasteiger charge is 2.21. The maximum atomic E-state index is 12.7. The van der Waals surface area contributed by atoms with Crippen LogP contribution in [-0.4, -0.2) is 20.2 Å². The molecule has 2 amide bonds. The SMILES string of the molecule is CC(=O)NS(=O)(=O)c1ccccc1NC(=O)c1cccc(OCc2ccc(C)cc2)c1. The molecule has 0 aliphatic carbocycles. The van der Waals surface area contributed by atoms with Crippen LogP contribution in [0.4, 0.5) is 5.69 Å². The van der Waals surface area contributed by atoms with Crippen LogP contribution >= 0.6 is 0 Å². The molecule has 0 aromatic heterocycles. The van der Waals surface area contributed by atoms with E-state index in [0.29, 0.717) is 17.9 Å². The van der Waals surface area contributed by atoms with Crippen molar-refractivity contribution in [2.75, 3.05) is 5.32 Å². The summed E-state index contributed by atoms with van der Waals surface area (Å²) in [5, 5.41) is 2.59. The molecule has 7 nitrogen and oxygen atoms in total. The summed E-state index contributed by atoms with van der Waals surface area (Å²) in [7, 11) is -4.11. The number of sulfonamides is 1. The maximum absolute atomic E-state index is 12.7. The molecule has 0 bridgehead atoms. The fraction of sp³-hybridized carbons (Fsp3) is 0.130. The standard InChI is InChI=1S/C23H22N2O5S/c1-16-10-12-18(13-11-16)15-30-20-7-5-6-19(14-20)23(27)24-21-8-3-4-9-22(21)31(28,29)25-17(2)26/h3-14H,15H2,1-2H3,(H,24,27)(H,25,26). The number of aryl methyl sites for hydroxylation is 1. The molecule has 160 valence electrons. The third kappa shape index (κ3) is 5.93. The lowest BCUT2D eigenvalue weighted by Crippen LogP contribution is -2.29. The van der Waals surface area contributed by atoms with Crippen molar-refractivity contribution in [1.82, 2.24) is 4.72 Å². The fourth-order valence-electron chi connectivity index (χ4n) is 2.82. The molecule has 3 aromatic rings. The predicted molar refractivity (Wildman–Crippen MR) is 117 cm³/mol. The Morgan fingerprint density at radius 1 is 0.935 bits per heavy atom. The average molecular weight is 439 g/mol.